The highest BCUT2D eigenvalue weighted by atomic mass is 16.5. The van der Waals surface area contributed by atoms with Crippen molar-refractivity contribution in [3.05, 3.63) is 70.8 Å². The van der Waals surface area contributed by atoms with Crippen LogP contribution in [0.1, 0.15) is 62.8 Å². The Labute approximate surface area is 169 Å². The van der Waals surface area contributed by atoms with Gasteiger partial charge in [0.15, 0.2) is 12.4 Å². The molecule has 0 saturated heterocycles. The van der Waals surface area contributed by atoms with Crippen molar-refractivity contribution >= 4 is 23.6 Å². The first kappa shape index (κ1) is 20.5. The minimum atomic E-state index is -1.05. The lowest BCUT2D eigenvalue weighted by Gasteiger charge is -2.24. The lowest BCUT2D eigenvalue weighted by atomic mass is 10.1. The van der Waals surface area contributed by atoms with Crippen LogP contribution in [0.4, 0.5) is 0 Å². The summed E-state index contributed by atoms with van der Waals surface area (Å²) in [5, 5.41) is 0. The molecule has 2 aromatic carbocycles. The Balaban J connectivity index is 1.74. The molecule has 6 nitrogen and oxygen atoms in total. The van der Waals surface area contributed by atoms with Crippen molar-refractivity contribution in [1.82, 2.24) is 4.90 Å². The molecule has 0 bridgehead atoms. The van der Waals surface area contributed by atoms with E-state index in [2.05, 4.69) is 0 Å². The van der Waals surface area contributed by atoms with E-state index in [1.807, 2.05) is 13.8 Å². The van der Waals surface area contributed by atoms with E-state index in [1.165, 1.54) is 0 Å². The highest BCUT2D eigenvalue weighted by Crippen LogP contribution is 2.27. The molecule has 1 heterocycles. The molecule has 0 spiro atoms. The average Bonchev–Trinajstić information content (AvgIpc) is 2.98. The van der Waals surface area contributed by atoms with Gasteiger partial charge in [-0.2, -0.15) is 0 Å². The molecule has 6 heteroatoms. The Hall–Kier alpha value is -3.28. The minimum absolute atomic E-state index is 0.280. The van der Waals surface area contributed by atoms with Crippen molar-refractivity contribution in [3.63, 3.8) is 0 Å². The summed E-state index contributed by atoms with van der Waals surface area (Å²) < 4.78 is 5.22. The van der Waals surface area contributed by atoms with Crippen LogP contribution < -0.4 is 0 Å². The Bertz CT molecular complexity index is 913. The molecule has 0 saturated carbocycles. The molecule has 1 aliphatic heterocycles. The second kappa shape index (κ2) is 8.82. The Morgan fingerprint density at radius 1 is 0.966 bits per heavy atom. The quantitative estimate of drug-likeness (QED) is 0.389. The maximum atomic E-state index is 12.7. The second-order valence-corrected chi connectivity index (χ2v) is 7.08. The number of fused-ring (bicyclic) bond motifs is 1. The molecule has 2 aromatic rings. The molecular weight excluding hydrogens is 370 g/mol. The summed E-state index contributed by atoms with van der Waals surface area (Å²) in [6.07, 6.45) is 1.72. The highest BCUT2D eigenvalue weighted by molar-refractivity contribution is 6.22. The number of nitrogens with zero attached hydrogens (tertiary/aromatic N) is 1. The van der Waals surface area contributed by atoms with E-state index in [-0.39, 0.29) is 16.9 Å². The number of hydrogen-bond acceptors (Lipinski definition) is 5. The van der Waals surface area contributed by atoms with E-state index < -0.39 is 30.4 Å². The van der Waals surface area contributed by atoms with Gasteiger partial charge in [-0.05, 0) is 25.5 Å². The number of rotatable bonds is 8. The van der Waals surface area contributed by atoms with Gasteiger partial charge in [0.25, 0.3) is 11.8 Å². The fourth-order valence-electron chi connectivity index (χ4n) is 3.30. The Kier molecular flexibility index (Phi) is 6.22. The molecule has 0 fully saturated rings. The van der Waals surface area contributed by atoms with Crippen molar-refractivity contribution in [2.75, 3.05) is 6.61 Å². The molecule has 0 aliphatic carbocycles. The van der Waals surface area contributed by atoms with Crippen LogP contribution in [0, 0.1) is 6.92 Å². The van der Waals surface area contributed by atoms with Gasteiger partial charge in [0.05, 0.1) is 11.1 Å². The van der Waals surface area contributed by atoms with Gasteiger partial charge < -0.3 is 4.74 Å². The monoisotopic (exact) mass is 393 g/mol. The average molecular weight is 393 g/mol. The molecule has 29 heavy (non-hydrogen) atoms. The van der Waals surface area contributed by atoms with Gasteiger partial charge in [-0.1, -0.05) is 61.7 Å². The maximum Gasteiger partial charge on any atom is 0.329 e. The van der Waals surface area contributed by atoms with E-state index >= 15 is 0 Å². The van der Waals surface area contributed by atoms with Gasteiger partial charge in [-0.15, -0.1) is 0 Å². The third-order valence-corrected chi connectivity index (χ3v) is 4.96. The summed E-state index contributed by atoms with van der Waals surface area (Å²) in [5.41, 5.74) is 2.02. The molecule has 2 amide bonds. The summed E-state index contributed by atoms with van der Waals surface area (Å²) in [7, 11) is 0. The molecule has 0 N–H and O–H groups in total. The zero-order chi connectivity index (χ0) is 21.0. The predicted octanol–water partition coefficient (Wildman–Crippen LogP) is 3.58. The van der Waals surface area contributed by atoms with Crippen LogP contribution >= 0.6 is 0 Å². The molecule has 0 radical (unpaired) electrons. The lowest BCUT2D eigenvalue weighted by molar-refractivity contribution is -0.147. The number of amides is 2. The molecule has 1 aliphatic rings. The molecule has 150 valence electrons. The first-order valence-corrected chi connectivity index (χ1v) is 9.67. The fraction of sp³-hybridized carbons (Fsp3) is 0.304. The number of carbonyl (C=O) groups excluding carboxylic acids is 4. The van der Waals surface area contributed by atoms with E-state index in [0.717, 1.165) is 16.9 Å². The van der Waals surface area contributed by atoms with Crippen molar-refractivity contribution in [2.24, 2.45) is 0 Å². The van der Waals surface area contributed by atoms with Gasteiger partial charge in [-0.3, -0.25) is 19.3 Å². The van der Waals surface area contributed by atoms with Crippen molar-refractivity contribution in [1.29, 1.82) is 0 Å². The van der Waals surface area contributed by atoms with Crippen LogP contribution in [-0.4, -0.2) is 41.1 Å². The lowest BCUT2D eigenvalue weighted by Crippen LogP contribution is -2.46. The van der Waals surface area contributed by atoms with E-state index in [0.29, 0.717) is 18.4 Å². The van der Waals surface area contributed by atoms with E-state index in [1.54, 1.807) is 48.5 Å². The van der Waals surface area contributed by atoms with Crippen molar-refractivity contribution in [2.45, 2.75) is 39.2 Å². The van der Waals surface area contributed by atoms with Crippen molar-refractivity contribution in [3.8, 4) is 0 Å². The van der Waals surface area contributed by atoms with Gasteiger partial charge in [0, 0.05) is 5.56 Å². The maximum absolute atomic E-state index is 12.7. The van der Waals surface area contributed by atoms with Gasteiger partial charge in [0.2, 0.25) is 0 Å². The molecule has 1 atom stereocenters. The summed E-state index contributed by atoms with van der Waals surface area (Å²) in [6, 6.07) is 12.4. The van der Waals surface area contributed by atoms with Gasteiger partial charge >= 0.3 is 5.97 Å². The first-order chi connectivity index (χ1) is 13.9. The number of esters is 1. The smallest absolute Gasteiger partial charge is 0.329 e. The molecule has 0 aromatic heterocycles. The number of aryl methyl sites for hydroxylation is 1. The standard InChI is InChI=1S/C23H23NO5/c1-3-4-9-19(24-21(26)17-7-5-6-8-18(17)22(24)27)23(28)29-14-20(25)16-12-10-15(2)11-13-16/h5-8,10-13,19H,3-4,9,14H2,1-2H3. The van der Waals surface area contributed by atoms with E-state index in [4.69, 9.17) is 4.74 Å². The number of ketones is 1. The van der Waals surface area contributed by atoms with Crippen LogP contribution in [0.25, 0.3) is 0 Å². The first-order valence-electron chi connectivity index (χ1n) is 9.67. The number of benzene rings is 2. The van der Waals surface area contributed by atoms with Crippen LogP contribution in [0.5, 0.6) is 0 Å². The largest absolute Gasteiger partial charge is 0.456 e. The molecule has 1 unspecified atom stereocenters. The normalized spacial score (nSPS) is 13.9. The summed E-state index contributed by atoms with van der Waals surface area (Å²) >= 11 is 0. The van der Waals surface area contributed by atoms with Crippen LogP contribution in [0.15, 0.2) is 48.5 Å². The second-order valence-electron chi connectivity index (χ2n) is 7.08. The number of Topliss-reactive ketones (excluding diaryl/α,β-unsaturated/α-hetero) is 1. The summed E-state index contributed by atoms with van der Waals surface area (Å²) in [4.78, 5) is 51.5. The fourth-order valence-corrected chi connectivity index (χ4v) is 3.30. The van der Waals surface area contributed by atoms with Crippen LogP contribution in [0.2, 0.25) is 0 Å². The highest BCUT2D eigenvalue weighted by Gasteiger charge is 2.43. The number of imide groups is 1. The third kappa shape index (κ3) is 4.26. The summed E-state index contributed by atoms with van der Waals surface area (Å²) in [5.74, 6) is -2.09. The topological polar surface area (TPSA) is 80.8 Å². The number of ether oxygens (including phenoxy) is 1. The molecule has 3 rings (SSSR count). The number of hydrogen-bond donors (Lipinski definition) is 0. The summed E-state index contributed by atoms with van der Waals surface area (Å²) in [6.45, 7) is 3.42. The van der Waals surface area contributed by atoms with Gasteiger partial charge in [0.1, 0.15) is 6.04 Å². The Morgan fingerprint density at radius 2 is 1.55 bits per heavy atom. The van der Waals surface area contributed by atoms with Crippen LogP contribution in [-0.2, 0) is 9.53 Å². The van der Waals surface area contributed by atoms with E-state index in [9.17, 15) is 19.2 Å². The van der Waals surface area contributed by atoms with Crippen molar-refractivity contribution < 1.29 is 23.9 Å². The number of unbranched alkanes of at least 4 members (excludes halogenated alkanes) is 1. The molecular formula is C23H23NO5. The zero-order valence-electron chi connectivity index (χ0n) is 16.5. The minimum Gasteiger partial charge on any atom is -0.456 e. The van der Waals surface area contributed by atoms with Crippen LogP contribution in [0.3, 0.4) is 0 Å². The zero-order valence-corrected chi connectivity index (χ0v) is 16.5. The SMILES string of the molecule is CCCCC(C(=O)OCC(=O)c1ccc(C)cc1)N1C(=O)c2ccccc2C1=O. The third-order valence-electron chi connectivity index (χ3n) is 4.96. The Morgan fingerprint density at radius 3 is 2.10 bits per heavy atom. The number of carbonyl (C=O) groups is 4. The van der Waals surface area contributed by atoms with Gasteiger partial charge in [-0.25, -0.2) is 4.79 Å². The predicted molar refractivity (Wildman–Crippen MR) is 107 cm³/mol.